The quantitative estimate of drug-likeness (QED) is 0.898. The van der Waals surface area contributed by atoms with Crippen molar-refractivity contribution in [2.24, 2.45) is 0 Å². The van der Waals surface area contributed by atoms with Crippen LogP contribution >= 0.6 is 0 Å². The number of rotatable bonds is 5. The van der Waals surface area contributed by atoms with Crippen molar-refractivity contribution in [2.75, 3.05) is 0 Å². The van der Waals surface area contributed by atoms with Gasteiger partial charge in [0.1, 0.15) is 0 Å². The number of hydrogen-bond donors (Lipinski definition) is 1. The van der Waals surface area contributed by atoms with Gasteiger partial charge >= 0.3 is 0 Å². The maximum Gasteiger partial charge on any atom is 0.254 e. The molecule has 0 saturated heterocycles. The van der Waals surface area contributed by atoms with Gasteiger partial charge in [0.25, 0.3) is 5.91 Å². The number of carbonyl (C=O) groups excluding carboxylic acids is 1. The van der Waals surface area contributed by atoms with Crippen LogP contribution in [0.3, 0.4) is 0 Å². The van der Waals surface area contributed by atoms with Gasteiger partial charge in [-0.05, 0) is 20.8 Å². The van der Waals surface area contributed by atoms with Crippen LogP contribution in [0.5, 0.6) is 0 Å². The van der Waals surface area contributed by atoms with Gasteiger partial charge in [0, 0.05) is 43.3 Å². The molecule has 0 aromatic carbocycles. The molecule has 0 radical (unpaired) electrons. The van der Waals surface area contributed by atoms with E-state index in [-0.39, 0.29) is 18.0 Å². The Labute approximate surface area is 118 Å². The van der Waals surface area contributed by atoms with E-state index in [4.69, 9.17) is 0 Å². The first kappa shape index (κ1) is 14.2. The molecule has 1 atom stereocenters. The fourth-order valence-electron chi connectivity index (χ4n) is 1.84. The summed E-state index contributed by atoms with van der Waals surface area (Å²) in [5.41, 5.74) is 1.43. The standard InChI is InChI=1S/C14H19N5O/c1-10(2)19-9-12(7-17-19)14(20)18-11(3)6-13-8-15-4-5-16-13/h4-5,7-11H,6H2,1-3H3,(H,18,20). The molecular weight excluding hydrogens is 254 g/mol. The van der Waals surface area contributed by atoms with E-state index in [1.807, 2.05) is 20.8 Å². The number of hydrogen-bond acceptors (Lipinski definition) is 4. The fraction of sp³-hybridized carbons (Fsp3) is 0.429. The summed E-state index contributed by atoms with van der Waals surface area (Å²) in [5, 5.41) is 7.10. The molecule has 0 aliphatic carbocycles. The second-order valence-corrected chi connectivity index (χ2v) is 5.08. The number of carbonyl (C=O) groups is 1. The van der Waals surface area contributed by atoms with Crippen molar-refractivity contribution in [1.82, 2.24) is 25.1 Å². The zero-order valence-electron chi connectivity index (χ0n) is 11.9. The van der Waals surface area contributed by atoms with Crippen LogP contribution in [0.1, 0.15) is 42.9 Å². The molecule has 0 bridgehead atoms. The minimum absolute atomic E-state index is 0.0124. The Morgan fingerprint density at radius 2 is 2.10 bits per heavy atom. The molecule has 1 N–H and O–H groups in total. The van der Waals surface area contributed by atoms with Gasteiger partial charge in [-0.25, -0.2) is 0 Å². The SMILES string of the molecule is CC(Cc1cnccn1)NC(=O)c1cnn(C(C)C)c1. The zero-order chi connectivity index (χ0) is 14.5. The Morgan fingerprint density at radius 1 is 1.30 bits per heavy atom. The second kappa shape index (κ2) is 6.27. The minimum Gasteiger partial charge on any atom is -0.349 e. The number of aromatic nitrogens is 4. The zero-order valence-corrected chi connectivity index (χ0v) is 11.9. The van der Waals surface area contributed by atoms with E-state index in [0.29, 0.717) is 12.0 Å². The monoisotopic (exact) mass is 273 g/mol. The maximum absolute atomic E-state index is 12.1. The molecule has 6 heteroatoms. The summed E-state index contributed by atoms with van der Waals surface area (Å²) in [6, 6.07) is 0.232. The third-order valence-electron chi connectivity index (χ3n) is 2.90. The van der Waals surface area contributed by atoms with Gasteiger partial charge in [0.2, 0.25) is 0 Å². The van der Waals surface area contributed by atoms with E-state index in [0.717, 1.165) is 5.69 Å². The van der Waals surface area contributed by atoms with Gasteiger partial charge in [0.15, 0.2) is 0 Å². The molecule has 0 saturated carbocycles. The molecule has 0 fully saturated rings. The van der Waals surface area contributed by atoms with Gasteiger partial charge in [-0.2, -0.15) is 5.10 Å². The topological polar surface area (TPSA) is 72.7 Å². The summed E-state index contributed by atoms with van der Waals surface area (Å²) in [7, 11) is 0. The second-order valence-electron chi connectivity index (χ2n) is 5.08. The van der Waals surface area contributed by atoms with Crippen molar-refractivity contribution in [3.63, 3.8) is 0 Å². The van der Waals surface area contributed by atoms with Gasteiger partial charge in [-0.3, -0.25) is 19.4 Å². The van der Waals surface area contributed by atoms with E-state index in [9.17, 15) is 4.79 Å². The van der Waals surface area contributed by atoms with Crippen LogP contribution in [0.15, 0.2) is 31.0 Å². The summed E-state index contributed by atoms with van der Waals surface area (Å²) >= 11 is 0. The summed E-state index contributed by atoms with van der Waals surface area (Å²) in [5.74, 6) is -0.117. The van der Waals surface area contributed by atoms with Crippen LogP contribution in [0.25, 0.3) is 0 Å². The van der Waals surface area contributed by atoms with Gasteiger partial charge in [-0.1, -0.05) is 0 Å². The third-order valence-corrected chi connectivity index (χ3v) is 2.90. The molecule has 2 aromatic heterocycles. The molecule has 2 rings (SSSR count). The van der Waals surface area contributed by atoms with Crippen molar-refractivity contribution < 1.29 is 4.79 Å². The van der Waals surface area contributed by atoms with Crippen molar-refractivity contribution in [3.05, 3.63) is 42.2 Å². The summed E-state index contributed by atoms with van der Waals surface area (Å²) < 4.78 is 1.77. The first-order valence-electron chi connectivity index (χ1n) is 6.66. The lowest BCUT2D eigenvalue weighted by Crippen LogP contribution is -2.34. The molecule has 2 aromatic rings. The highest BCUT2D eigenvalue weighted by Gasteiger charge is 2.13. The average Bonchev–Trinajstić information content (AvgIpc) is 2.89. The summed E-state index contributed by atoms with van der Waals surface area (Å²) in [6.45, 7) is 5.98. The predicted octanol–water partition coefficient (Wildman–Crippen LogP) is 1.61. The molecule has 2 heterocycles. The van der Waals surface area contributed by atoms with Crippen LogP contribution in [-0.2, 0) is 6.42 Å². The Hall–Kier alpha value is -2.24. The fourth-order valence-corrected chi connectivity index (χ4v) is 1.84. The third kappa shape index (κ3) is 3.63. The molecule has 1 unspecified atom stereocenters. The smallest absolute Gasteiger partial charge is 0.254 e. The van der Waals surface area contributed by atoms with Crippen molar-refractivity contribution >= 4 is 5.91 Å². The molecular formula is C14H19N5O. The summed E-state index contributed by atoms with van der Waals surface area (Å²) in [6.07, 6.45) is 8.99. The van der Waals surface area contributed by atoms with E-state index >= 15 is 0 Å². The molecule has 106 valence electrons. The number of nitrogens with one attached hydrogen (secondary N) is 1. The Balaban J connectivity index is 1.93. The van der Waals surface area contributed by atoms with Crippen molar-refractivity contribution in [1.29, 1.82) is 0 Å². The van der Waals surface area contributed by atoms with E-state index < -0.39 is 0 Å². The van der Waals surface area contributed by atoms with Gasteiger partial charge < -0.3 is 5.32 Å². The van der Waals surface area contributed by atoms with Crippen LogP contribution in [0.2, 0.25) is 0 Å². The van der Waals surface area contributed by atoms with Crippen LogP contribution in [-0.4, -0.2) is 31.7 Å². The maximum atomic E-state index is 12.1. The average molecular weight is 273 g/mol. The lowest BCUT2D eigenvalue weighted by molar-refractivity contribution is 0.0940. The van der Waals surface area contributed by atoms with E-state index in [2.05, 4.69) is 20.4 Å². The van der Waals surface area contributed by atoms with E-state index in [1.54, 1.807) is 35.7 Å². The first-order chi connectivity index (χ1) is 9.56. The first-order valence-corrected chi connectivity index (χ1v) is 6.66. The number of nitrogens with zero attached hydrogens (tertiary/aromatic N) is 4. The highest BCUT2D eigenvalue weighted by Crippen LogP contribution is 2.06. The predicted molar refractivity (Wildman–Crippen MR) is 75.3 cm³/mol. The lowest BCUT2D eigenvalue weighted by Gasteiger charge is -2.12. The van der Waals surface area contributed by atoms with Gasteiger partial charge in [0.05, 0.1) is 17.5 Å². The molecule has 0 spiro atoms. The molecule has 6 nitrogen and oxygen atoms in total. The Morgan fingerprint density at radius 3 is 2.70 bits per heavy atom. The molecule has 1 amide bonds. The van der Waals surface area contributed by atoms with Gasteiger partial charge in [-0.15, -0.1) is 0 Å². The van der Waals surface area contributed by atoms with Crippen LogP contribution in [0, 0.1) is 0 Å². The summed E-state index contributed by atoms with van der Waals surface area (Å²) in [4.78, 5) is 20.3. The normalized spacial score (nSPS) is 12.4. The lowest BCUT2D eigenvalue weighted by atomic mass is 10.2. The minimum atomic E-state index is -0.117. The molecule has 0 aliphatic rings. The Bertz CT molecular complexity index is 564. The molecule has 0 aliphatic heterocycles. The van der Waals surface area contributed by atoms with Crippen LogP contribution in [0.4, 0.5) is 0 Å². The largest absolute Gasteiger partial charge is 0.349 e. The number of amides is 1. The molecule has 20 heavy (non-hydrogen) atoms. The van der Waals surface area contributed by atoms with Crippen molar-refractivity contribution in [2.45, 2.75) is 39.3 Å². The van der Waals surface area contributed by atoms with E-state index in [1.165, 1.54) is 0 Å². The van der Waals surface area contributed by atoms with Crippen molar-refractivity contribution in [3.8, 4) is 0 Å². The Kier molecular flexibility index (Phi) is 4.45. The highest BCUT2D eigenvalue weighted by atomic mass is 16.1. The highest BCUT2D eigenvalue weighted by molar-refractivity contribution is 5.93. The van der Waals surface area contributed by atoms with Crippen LogP contribution < -0.4 is 5.32 Å².